The Kier molecular flexibility index (Phi) is 7.28. The smallest absolute Gasteiger partial charge is 0.224 e. The molecule has 2 aliphatic rings. The molecule has 0 aromatic carbocycles. The second-order valence-electron chi connectivity index (χ2n) is 9.72. The molecular formula is C23H36N4O2. The number of piperidine rings is 2. The number of pyridine rings is 1. The van der Waals surface area contributed by atoms with Crippen LogP contribution in [0.25, 0.3) is 0 Å². The minimum absolute atomic E-state index is 0.0383. The summed E-state index contributed by atoms with van der Waals surface area (Å²) in [7, 11) is 0. The Balaban J connectivity index is 1.45. The van der Waals surface area contributed by atoms with Crippen LogP contribution < -0.4 is 5.32 Å². The summed E-state index contributed by atoms with van der Waals surface area (Å²) in [6.07, 6.45) is 6.40. The van der Waals surface area contributed by atoms with E-state index in [0.29, 0.717) is 19.0 Å². The van der Waals surface area contributed by atoms with Gasteiger partial charge in [-0.2, -0.15) is 0 Å². The van der Waals surface area contributed by atoms with Gasteiger partial charge in [0.05, 0.1) is 18.2 Å². The van der Waals surface area contributed by atoms with Crippen LogP contribution in [0.3, 0.4) is 0 Å². The fourth-order valence-corrected chi connectivity index (χ4v) is 4.42. The summed E-state index contributed by atoms with van der Waals surface area (Å²) in [5.74, 6) is 0.465. The third-order valence-electron chi connectivity index (χ3n) is 6.01. The molecule has 1 N–H and O–H groups in total. The molecule has 2 fully saturated rings. The Morgan fingerprint density at radius 2 is 1.90 bits per heavy atom. The first-order valence-corrected chi connectivity index (χ1v) is 11.0. The van der Waals surface area contributed by atoms with Crippen LogP contribution in [-0.2, 0) is 16.1 Å². The summed E-state index contributed by atoms with van der Waals surface area (Å²) < 4.78 is 0. The Hall–Kier alpha value is -1.95. The standard InChI is InChI=1S/C23H36N4O2/c1-23(2,3)15-21(28)26-13-9-20(10-14-26)27-12-6-7-18(17-27)22(29)25-16-19-8-4-5-11-24-19/h4-5,8,11,18,20H,6-7,9-10,12-17H2,1-3H3,(H,25,29). The third-order valence-corrected chi connectivity index (χ3v) is 6.01. The molecule has 6 heteroatoms. The lowest BCUT2D eigenvalue weighted by Gasteiger charge is -2.42. The summed E-state index contributed by atoms with van der Waals surface area (Å²) in [6.45, 7) is 10.4. The van der Waals surface area contributed by atoms with Gasteiger partial charge in [0.1, 0.15) is 0 Å². The first kappa shape index (κ1) is 21.8. The van der Waals surface area contributed by atoms with Gasteiger partial charge in [0, 0.05) is 38.3 Å². The van der Waals surface area contributed by atoms with Crippen LogP contribution in [0.5, 0.6) is 0 Å². The van der Waals surface area contributed by atoms with Gasteiger partial charge in [0.2, 0.25) is 11.8 Å². The Morgan fingerprint density at radius 1 is 1.14 bits per heavy atom. The summed E-state index contributed by atoms with van der Waals surface area (Å²) in [5.41, 5.74) is 0.928. The van der Waals surface area contributed by atoms with Crippen LogP contribution in [-0.4, -0.2) is 58.8 Å². The van der Waals surface area contributed by atoms with Crippen LogP contribution in [0.4, 0.5) is 0 Å². The molecule has 29 heavy (non-hydrogen) atoms. The van der Waals surface area contributed by atoms with Crippen molar-refractivity contribution in [1.29, 1.82) is 0 Å². The minimum Gasteiger partial charge on any atom is -0.350 e. The Labute approximate surface area is 175 Å². The number of likely N-dealkylation sites (tertiary alicyclic amines) is 2. The van der Waals surface area contributed by atoms with Crippen molar-refractivity contribution in [3.05, 3.63) is 30.1 Å². The van der Waals surface area contributed by atoms with Crippen molar-refractivity contribution in [3.8, 4) is 0 Å². The zero-order valence-electron chi connectivity index (χ0n) is 18.2. The molecule has 1 aromatic heterocycles. The number of rotatable bonds is 5. The molecule has 0 saturated carbocycles. The number of aromatic nitrogens is 1. The van der Waals surface area contributed by atoms with Crippen LogP contribution in [0.2, 0.25) is 0 Å². The average molecular weight is 401 g/mol. The van der Waals surface area contributed by atoms with Crippen molar-refractivity contribution < 1.29 is 9.59 Å². The van der Waals surface area contributed by atoms with Crippen molar-refractivity contribution in [2.24, 2.45) is 11.3 Å². The number of nitrogens with zero attached hydrogens (tertiary/aromatic N) is 3. The van der Waals surface area contributed by atoms with Gasteiger partial charge in [-0.1, -0.05) is 26.8 Å². The van der Waals surface area contributed by atoms with Crippen LogP contribution in [0.15, 0.2) is 24.4 Å². The number of hydrogen-bond donors (Lipinski definition) is 1. The predicted molar refractivity (Wildman–Crippen MR) is 114 cm³/mol. The molecule has 0 radical (unpaired) electrons. The van der Waals surface area contributed by atoms with Gasteiger partial charge in [-0.05, 0) is 49.8 Å². The number of carbonyl (C=O) groups is 2. The van der Waals surface area contributed by atoms with Crippen LogP contribution in [0.1, 0.15) is 58.6 Å². The number of nitrogens with one attached hydrogen (secondary N) is 1. The van der Waals surface area contributed by atoms with E-state index < -0.39 is 0 Å². The molecule has 0 aliphatic carbocycles. The molecule has 1 unspecified atom stereocenters. The maximum Gasteiger partial charge on any atom is 0.224 e. The highest BCUT2D eigenvalue weighted by Crippen LogP contribution is 2.26. The first-order valence-electron chi connectivity index (χ1n) is 11.0. The average Bonchev–Trinajstić information content (AvgIpc) is 2.72. The fraction of sp³-hybridized carbons (Fsp3) is 0.696. The van der Waals surface area contributed by atoms with E-state index in [9.17, 15) is 9.59 Å². The van der Waals surface area contributed by atoms with Gasteiger partial charge < -0.3 is 10.2 Å². The zero-order valence-corrected chi connectivity index (χ0v) is 18.2. The monoisotopic (exact) mass is 400 g/mol. The summed E-state index contributed by atoms with van der Waals surface area (Å²) in [4.78, 5) is 33.9. The van der Waals surface area contributed by atoms with Crippen molar-refractivity contribution in [2.45, 2.75) is 65.5 Å². The fourth-order valence-electron chi connectivity index (χ4n) is 4.42. The van der Waals surface area contributed by atoms with Crippen molar-refractivity contribution in [2.75, 3.05) is 26.2 Å². The quantitative estimate of drug-likeness (QED) is 0.825. The minimum atomic E-state index is 0.0383. The van der Waals surface area contributed by atoms with Gasteiger partial charge >= 0.3 is 0 Å². The first-order chi connectivity index (χ1) is 13.8. The molecular weight excluding hydrogens is 364 g/mol. The number of carbonyl (C=O) groups excluding carboxylic acids is 2. The molecule has 0 spiro atoms. The van der Waals surface area contributed by atoms with Gasteiger partial charge in [0.25, 0.3) is 0 Å². The van der Waals surface area contributed by atoms with Crippen LogP contribution in [0, 0.1) is 11.3 Å². The summed E-state index contributed by atoms with van der Waals surface area (Å²) in [5, 5.41) is 3.05. The van der Waals surface area contributed by atoms with E-state index in [1.54, 1.807) is 6.20 Å². The second kappa shape index (κ2) is 9.70. The largest absolute Gasteiger partial charge is 0.350 e. The third kappa shape index (κ3) is 6.53. The van der Waals surface area contributed by atoms with Gasteiger partial charge in [-0.25, -0.2) is 0 Å². The molecule has 2 amide bonds. The lowest BCUT2D eigenvalue weighted by molar-refractivity contribution is -0.134. The predicted octanol–water partition coefficient (Wildman–Crippen LogP) is 2.84. The highest BCUT2D eigenvalue weighted by atomic mass is 16.2. The molecule has 3 rings (SSSR count). The number of amides is 2. The summed E-state index contributed by atoms with van der Waals surface area (Å²) in [6, 6.07) is 6.24. The molecule has 2 saturated heterocycles. The van der Waals surface area contributed by atoms with Gasteiger partial charge in [-0.15, -0.1) is 0 Å². The topological polar surface area (TPSA) is 65.5 Å². The van der Waals surface area contributed by atoms with E-state index in [1.165, 1.54) is 0 Å². The normalized spacial score (nSPS) is 21.8. The zero-order chi connectivity index (χ0) is 20.9. The molecule has 0 bridgehead atoms. The maximum absolute atomic E-state index is 12.7. The summed E-state index contributed by atoms with van der Waals surface area (Å²) >= 11 is 0. The Morgan fingerprint density at radius 3 is 2.55 bits per heavy atom. The number of hydrogen-bond acceptors (Lipinski definition) is 4. The van der Waals surface area contributed by atoms with Crippen molar-refractivity contribution in [3.63, 3.8) is 0 Å². The van der Waals surface area contributed by atoms with Gasteiger partial charge in [0.15, 0.2) is 0 Å². The molecule has 160 valence electrons. The maximum atomic E-state index is 12.7. The molecule has 2 aliphatic heterocycles. The van der Waals surface area contributed by atoms with E-state index in [2.05, 4.69) is 36.0 Å². The van der Waals surface area contributed by atoms with E-state index in [1.807, 2.05) is 23.1 Å². The molecule has 3 heterocycles. The lowest BCUT2D eigenvalue weighted by atomic mass is 9.90. The van der Waals surface area contributed by atoms with Crippen molar-refractivity contribution in [1.82, 2.24) is 20.1 Å². The highest BCUT2D eigenvalue weighted by Gasteiger charge is 2.33. The van der Waals surface area contributed by atoms with Crippen LogP contribution >= 0.6 is 0 Å². The van der Waals surface area contributed by atoms with E-state index in [4.69, 9.17) is 0 Å². The molecule has 1 aromatic rings. The molecule has 6 nitrogen and oxygen atoms in total. The Bertz CT molecular complexity index is 678. The molecule has 1 atom stereocenters. The van der Waals surface area contributed by atoms with E-state index in [0.717, 1.165) is 57.6 Å². The second-order valence-corrected chi connectivity index (χ2v) is 9.72. The van der Waals surface area contributed by atoms with Crippen molar-refractivity contribution >= 4 is 11.8 Å². The van der Waals surface area contributed by atoms with E-state index in [-0.39, 0.29) is 23.1 Å². The SMILES string of the molecule is CC(C)(C)CC(=O)N1CCC(N2CCCC(C(=O)NCc3ccccn3)C2)CC1. The lowest BCUT2D eigenvalue weighted by Crippen LogP contribution is -2.51. The van der Waals surface area contributed by atoms with Gasteiger partial charge in [-0.3, -0.25) is 19.5 Å². The highest BCUT2D eigenvalue weighted by molar-refractivity contribution is 5.79. The van der Waals surface area contributed by atoms with E-state index >= 15 is 0 Å².